The molecule has 0 saturated heterocycles. The zero-order valence-electron chi connectivity index (χ0n) is 14.5. The van der Waals surface area contributed by atoms with Crippen molar-refractivity contribution < 1.29 is 9.90 Å². The number of carbonyl (C=O) groups is 1. The molecule has 4 heteroatoms. The molecular formula is C20H29NO2S. The Labute approximate surface area is 149 Å². The highest BCUT2D eigenvalue weighted by molar-refractivity contribution is 7.99. The van der Waals surface area contributed by atoms with Crippen molar-refractivity contribution in [2.45, 2.75) is 68.9 Å². The van der Waals surface area contributed by atoms with E-state index in [2.05, 4.69) is 18.3 Å². The summed E-state index contributed by atoms with van der Waals surface area (Å²) in [7, 11) is 0. The first-order valence-electron chi connectivity index (χ1n) is 9.09. The monoisotopic (exact) mass is 347 g/mol. The molecule has 0 bridgehead atoms. The quantitative estimate of drug-likeness (QED) is 0.416. The SMILES string of the molecule is CCCCCSc1ccccc1/C=C/C(=O)NC1CCCCC1O. The summed E-state index contributed by atoms with van der Waals surface area (Å²) >= 11 is 1.85. The topological polar surface area (TPSA) is 49.3 Å². The predicted molar refractivity (Wildman–Crippen MR) is 102 cm³/mol. The van der Waals surface area contributed by atoms with Gasteiger partial charge < -0.3 is 10.4 Å². The predicted octanol–water partition coefficient (Wildman–Crippen LogP) is 4.40. The molecule has 132 valence electrons. The van der Waals surface area contributed by atoms with E-state index >= 15 is 0 Å². The first-order chi connectivity index (χ1) is 11.7. The van der Waals surface area contributed by atoms with Crippen LogP contribution in [0, 0.1) is 0 Å². The van der Waals surface area contributed by atoms with Crippen molar-refractivity contribution in [3.63, 3.8) is 0 Å². The summed E-state index contributed by atoms with van der Waals surface area (Å²) in [5.41, 5.74) is 1.08. The molecule has 1 amide bonds. The lowest BCUT2D eigenvalue weighted by molar-refractivity contribution is -0.118. The van der Waals surface area contributed by atoms with Crippen LogP contribution in [0.1, 0.15) is 57.4 Å². The Morgan fingerprint density at radius 3 is 2.88 bits per heavy atom. The number of rotatable bonds is 8. The van der Waals surface area contributed by atoms with Crippen LogP contribution in [0.4, 0.5) is 0 Å². The van der Waals surface area contributed by atoms with Gasteiger partial charge in [-0.05, 0) is 42.7 Å². The highest BCUT2D eigenvalue weighted by atomic mass is 32.2. The van der Waals surface area contributed by atoms with Gasteiger partial charge in [-0.3, -0.25) is 4.79 Å². The van der Waals surface area contributed by atoms with Crippen LogP contribution in [-0.2, 0) is 4.79 Å². The second-order valence-electron chi connectivity index (χ2n) is 6.39. The van der Waals surface area contributed by atoms with Crippen LogP contribution in [0.5, 0.6) is 0 Å². The molecule has 0 aromatic heterocycles. The zero-order valence-corrected chi connectivity index (χ0v) is 15.4. The maximum Gasteiger partial charge on any atom is 0.244 e. The van der Waals surface area contributed by atoms with Crippen molar-refractivity contribution in [3.8, 4) is 0 Å². The fraction of sp³-hybridized carbons (Fsp3) is 0.550. The third kappa shape index (κ3) is 6.33. The van der Waals surface area contributed by atoms with Gasteiger partial charge in [-0.2, -0.15) is 0 Å². The molecule has 1 aromatic carbocycles. The minimum atomic E-state index is -0.405. The van der Waals surface area contributed by atoms with Crippen LogP contribution in [-0.4, -0.2) is 28.9 Å². The summed E-state index contributed by atoms with van der Waals surface area (Å²) in [6.07, 6.45) is 10.5. The molecule has 1 aliphatic carbocycles. The average molecular weight is 348 g/mol. The van der Waals surface area contributed by atoms with Crippen molar-refractivity contribution in [1.29, 1.82) is 0 Å². The summed E-state index contributed by atoms with van der Waals surface area (Å²) < 4.78 is 0. The Morgan fingerprint density at radius 1 is 1.29 bits per heavy atom. The summed E-state index contributed by atoms with van der Waals surface area (Å²) in [5.74, 6) is 0.992. The van der Waals surface area contributed by atoms with Gasteiger partial charge >= 0.3 is 0 Å². The summed E-state index contributed by atoms with van der Waals surface area (Å²) in [4.78, 5) is 13.3. The number of thioether (sulfide) groups is 1. The largest absolute Gasteiger partial charge is 0.391 e. The number of hydrogen-bond donors (Lipinski definition) is 2. The Bertz CT molecular complexity index is 544. The van der Waals surface area contributed by atoms with Gasteiger partial charge in [0.1, 0.15) is 0 Å². The molecule has 1 saturated carbocycles. The molecule has 0 radical (unpaired) electrons. The van der Waals surface area contributed by atoms with Crippen LogP contribution >= 0.6 is 11.8 Å². The summed E-state index contributed by atoms with van der Waals surface area (Å²) in [6.45, 7) is 2.21. The fourth-order valence-corrected chi connectivity index (χ4v) is 4.01. The van der Waals surface area contributed by atoms with Gasteiger partial charge in [-0.15, -0.1) is 11.8 Å². The zero-order chi connectivity index (χ0) is 17.2. The van der Waals surface area contributed by atoms with E-state index in [-0.39, 0.29) is 11.9 Å². The van der Waals surface area contributed by atoms with Gasteiger partial charge in [0.2, 0.25) is 5.91 Å². The van der Waals surface area contributed by atoms with E-state index in [0.29, 0.717) is 0 Å². The van der Waals surface area contributed by atoms with E-state index in [9.17, 15) is 9.90 Å². The summed E-state index contributed by atoms with van der Waals surface area (Å²) in [5, 5.41) is 12.9. The molecule has 0 spiro atoms. The van der Waals surface area contributed by atoms with Crippen LogP contribution in [0.25, 0.3) is 6.08 Å². The van der Waals surface area contributed by atoms with E-state index in [1.54, 1.807) is 6.08 Å². The van der Waals surface area contributed by atoms with E-state index in [0.717, 1.165) is 37.0 Å². The first kappa shape index (κ1) is 19.1. The van der Waals surface area contributed by atoms with Crippen LogP contribution in [0.3, 0.4) is 0 Å². The molecular weight excluding hydrogens is 318 g/mol. The molecule has 2 N–H and O–H groups in total. The number of aliphatic hydroxyl groups is 1. The van der Waals surface area contributed by atoms with Crippen molar-refractivity contribution in [3.05, 3.63) is 35.9 Å². The van der Waals surface area contributed by atoms with Crippen molar-refractivity contribution in [2.75, 3.05) is 5.75 Å². The lowest BCUT2D eigenvalue weighted by atomic mass is 9.92. The minimum absolute atomic E-state index is 0.102. The van der Waals surface area contributed by atoms with E-state index < -0.39 is 6.10 Å². The molecule has 1 aromatic rings. The molecule has 1 fully saturated rings. The van der Waals surface area contributed by atoms with Crippen molar-refractivity contribution in [1.82, 2.24) is 5.32 Å². The van der Waals surface area contributed by atoms with E-state index in [4.69, 9.17) is 0 Å². The number of hydrogen-bond acceptors (Lipinski definition) is 3. The smallest absolute Gasteiger partial charge is 0.244 e. The molecule has 0 heterocycles. The Morgan fingerprint density at radius 2 is 2.08 bits per heavy atom. The Kier molecular flexibility index (Phi) is 8.40. The third-order valence-electron chi connectivity index (χ3n) is 4.40. The number of benzene rings is 1. The minimum Gasteiger partial charge on any atom is -0.391 e. The van der Waals surface area contributed by atoms with Gasteiger partial charge in [0.15, 0.2) is 0 Å². The van der Waals surface area contributed by atoms with Crippen LogP contribution in [0.15, 0.2) is 35.2 Å². The van der Waals surface area contributed by atoms with Gasteiger partial charge in [0.05, 0.1) is 12.1 Å². The number of carbonyl (C=O) groups excluding carboxylic acids is 1. The Balaban J connectivity index is 1.89. The summed E-state index contributed by atoms with van der Waals surface area (Å²) in [6, 6.07) is 8.09. The highest BCUT2D eigenvalue weighted by Gasteiger charge is 2.23. The first-order valence-corrected chi connectivity index (χ1v) is 10.1. The van der Waals surface area contributed by atoms with E-state index in [1.165, 1.54) is 24.2 Å². The molecule has 2 rings (SSSR count). The van der Waals surface area contributed by atoms with Crippen molar-refractivity contribution >= 4 is 23.7 Å². The Hall–Kier alpha value is -1.26. The normalized spacial score (nSPS) is 21.1. The van der Waals surface area contributed by atoms with Crippen LogP contribution < -0.4 is 5.32 Å². The molecule has 24 heavy (non-hydrogen) atoms. The average Bonchev–Trinajstić information content (AvgIpc) is 2.60. The molecule has 2 unspecified atom stereocenters. The maximum atomic E-state index is 12.1. The third-order valence-corrected chi connectivity index (χ3v) is 5.57. The molecule has 2 atom stereocenters. The lowest BCUT2D eigenvalue weighted by Crippen LogP contribution is -2.44. The molecule has 0 aliphatic heterocycles. The van der Waals surface area contributed by atoms with E-state index in [1.807, 2.05) is 36.0 Å². The number of amides is 1. The van der Waals surface area contributed by atoms with Gasteiger partial charge in [0.25, 0.3) is 0 Å². The maximum absolute atomic E-state index is 12.1. The lowest BCUT2D eigenvalue weighted by Gasteiger charge is -2.27. The second-order valence-corrected chi connectivity index (χ2v) is 7.53. The van der Waals surface area contributed by atoms with Gasteiger partial charge in [-0.1, -0.05) is 50.8 Å². The van der Waals surface area contributed by atoms with Gasteiger partial charge in [0, 0.05) is 11.0 Å². The highest BCUT2D eigenvalue weighted by Crippen LogP contribution is 2.25. The standard InChI is InChI=1S/C20H29NO2S/c1-2-3-8-15-24-19-12-7-4-9-16(19)13-14-20(23)21-17-10-5-6-11-18(17)22/h4,7,9,12-14,17-18,22H,2-3,5-6,8,10-11,15H2,1H3,(H,21,23)/b14-13+. The molecule has 3 nitrogen and oxygen atoms in total. The fourth-order valence-electron chi connectivity index (χ4n) is 2.96. The van der Waals surface area contributed by atoms with Crippen LogP contribution in [0.2, 0.25) is 0 Å². The van der Waals surface area contributed by atoms with Crippen molar-refractivity contribution in [2.24, 2.45) is 0 Å². The number of unbranched alkanes of at least 4 members (excludes halogenated alkanes) is 2. The number of aliphatic hydroxyl groups excluding tert-OH is 1. The molecule has 1 aliphatic rings. The second kappa shape index (κ2) is 10.6. The van der Waals surface area contributed by atoms with Gasteiger partial charge in [-0.25, -0.2) is 0 Å². The number of nitrogens with one attached hydrogen (secondary N) is 1.